The minimum absolute atomic E-state index is 0.0773. The molecule has 0 radical (unpaired) electrons. The van der Waals surface area contributed by atoms with Crippen LogP contribution in [-0.4, -0.2) is 45.0 Å². The number of unbranched alkanes of at least 4 members (excludes halogenated alkanes) is 11. The van der Waals surface area contributed by atoms with Crippen LogP contribution in [0.5, 0.6) is 0 Å². The first-order valence-corrected chi connectivity index (χ1v) is 14.2. The molecule has 0 aromatic carbocycles. The number of phosphoric ester groups is 1. The summed E-state index contributed by atoms with van der Waals surface area (Å²) in [5.74, 6) is -1.17. The molecule has 12 heteroatoms. The predicted molar refractivity (Wildman–Crippen MR) is 129 cm³/mol. The normalized spacial score (nSPS) is 21.9. The van der Waals surface area contributed by atoms with E-state index in [2.05, 4.69) is 6.92 Å². The summed E-state index contributed by atoms with van der Waals surface area (Å²) in [6, 6.07) is 0. The van der Waals surface area contributed by atoms with E-state index < -0.39 is 49.9 Å². The van der Waals surface area contributed by atoms with Crippen LogP contribution >= 0.6 is 7.82 Å². The zero-order valence-electron chi connectivity index (χ0n) is 20.5. The first kappa shape index (κ1) is 29.9. The average molecular weight is 523 g/mol. The summed E-state index contributed by atoms with van der Waals surface area (Å²) in [5.41, 5.74) is -2.05. The molecule has 2 heterocycles. The van der Waals surface area contributed by atoms with Gasteiger partial charge in [0.25, 0.3) is 5.56 Å². The molecule has 10 nitrogen and oxygen atoms in total. The van der Waals surface area contributed by atoms with Crippen molar-refractivity contribution < 1.29 is 32.7 Å². The highest BCUT2D eigenvalue weighted by Crippen LogP contribution is 2.44. The summed E-state index contributed by atoms with van der Waals surface area (Å²) in [6.07, 6.45) is 11.4. The van der Waals surface area contributed by atoms with Crippen molar-refractivity contribution in [2.75, 3.05) is 13.2 Å². The van der Waals surface area contributed by atoms with Crippen LogP contribution in [0, 0.1) is 5.82 Å². The number of H-pyrrole nitrogens is 1. The van der Waals surface area contributed by atoms with Crippen LogP contribution in [0.1, 0.15) is 96.6 Å². The van der Waals surface area contributed by atoms with Crippen molar-refractivity contribution in [2.45, 2.75) is 109 Å². The second kappa shape index (κ2) is 15.7. The van der Waals surface area contributed by atoms with Gasteiger partial charge in [-0.2, -0.15) is 4.39 Å². The Hall–Kier alpha value is -1.36. The van der Waals surface area contributed by atoms with Crippen LogP contribution in [0.25, 0.3) is 0 Å². The number of aromatic amines is 1. The third kappa shape index (κ3) is 11.1. The van der Waals surface area contributed by atoms with Crippen LogP contribution < -0.4 is 11.2 Å². The Bertz CT molecular complexity index is 908. The molecule has 0 saturated carbocycles. The Morgan fingerprint density at radius 3 is 2.23 bits per heavy atom. The van der Waals surface area contributed by atoms with Crippen molar-refractivity contribution >= 4 is 7.82 Å². The van der Waals surface area contributed by atoms with E-state index in [1.54, 1.807) is 0 Å². The van der Waals surface area contributed by atoms with Crippen LogP contribution in [0.2, 0.25) is 0 Å². The second-order valence-corrected chi connectivity index (χ2v) is 10.5. The first-order valence-electron chi connectivity index (χ1n) is 12.7. The quantitative estimate of drug-likeness (QED) is 0.193. The summed E-state index contributed by atoms with van der Waals surface area (Å²) < 4.78 is 41.8. The fourth-order valence-corrected chi connectivity index (χ4v) is 4.81. The average Bonchev–Trinajstić information content (AvgIpc) is 3.18. The van der Waals surface area contributed by atoms with Crippen molar-refractivity contribution in [3.63, 3.8) is 0 Å². The van der Waals surface area contributed by atoms with Crippen LogP contribution in [0.4, 0.5) is 4.39 Å². The van der Waals surface area contributed by atoms with Gasteiger partial charge in [0, 0.05) is 6.42 Å². The number of aliphatic hydroxyl groups is 1. The second-order valence-electron chi connectivity index (χ2n) is 9.06. The molecule has 0 spiro atoms. The molecule has 35 heavy (non-hydrogen) atoms. The van der Waals surface area contributed by atoms with Gasteiger partial charge in [0.2, 0.25) is 5.82 Å². The first-order chi connectivity index (χ1) is 16.7. The number of ether oxygens (including phenoxy) is 1. The SMILES string of the molecule is CCCCCCCCCCCCCCOP(=O)(O)OC[C@H]1O[C@@H](n2cc(F)c(=O)[nH]c2=O)C[C@@H]1O. The Kier molecular flexibility index (Phi) is 13.4. The molecular weight excluding hydrogens is 482 g/mol. The van der Waals surface area contributed by atoms with E-state index in [1.807, 2.05) is 4.98 Å². The van der Waals surface area contributed by atoms with Gasteiger partial charge in [0.15, 0.2) is 0 Å². The number of nitrogens with zero attached hydrogens (tertiary/aromatic N) is 1. The molecule has 1 aromatic heterocycles. The summed E-state index contributed by atoms with van der Waals surface area (Å²) in [4.78, 5) is 34.7. The summed E-state index contributed by atoms with van der Waals surface area (Å²) >= 11 is 0. The molecule has 0 aliphatic carbocycles. The van der Waals surface area contributed by atoms with E-state index in [0.717, 1.165) is 23.8 Å². The highest BCUT2D eigenvalue weighted by Gasteiger charge is 2.37. The van der Waals surface area contributed by atoms with E-state index in [0.29, 0.717) is 12.6 Å². The number of rotatable bonds is 18. The maximum Gasteiger partial charge on any atom is 0.472 e. The van der Waals surface area contributed by atoms with Gasteiger partial charge in [-0.25, -0.2) is 9.36 Å². The highest BCUT2D eigenvalue weighted by atomic mass is 31.2. The molecular formula is C23H40FN2O8P. The fraction of sp³-hybridized carbons (Fsp3) is 0.826. The van der Waals surface area contributed by atoms with E-state index in [-0.39, 0.29) is 13.0 Å². The fourth-order valence-electron chi connectivity index (χ4n) is 4.04. The van der Waals surface area contributed by atoms with E-state index in [4.69, 9.17) is 13.8 Å². The van der Waals surface area contributed by atoms with Gasteiger partial charge in [0.1, 0.15) is 12.3 Å². The summed E-state index contributed by atoms with van der Waals surface area (Å²) in [5, 5.41) is 10.1. The predicted octanol–water partition coefficient (Wildman–Crippen LogP) is 4.16. The third-order valence-corrected chi connectivity index (χ3v) is 7.08. The third-order valence-electron chi connectivity index (χ3n) is 6.09. The summed E-state index contributed by atoms with van der Waals surface area (Å²) in [7, 11) is -4.34. The molecule has 3 N–H and O–H groups in total. The van der Waals surface area contributed by atoms with E-state index in [1.165, 1.54) is 51.4 Å². The van der Waals surface area contributed by atoms with E-state index in [9.17, 15) is 28.5 Å². The molecule has 2 rings (SSSR count). The standard InChI is InChI=1S/C23H40FN2O8P/c1-2-3-4-5-6-7-8-9-10-11-12-13-14-32-35(30,31)33-17-20-19(27)15-21(34-20)26-16-18(24)22(28)25-23(26)29/h16,19-21,27H,2-15,17H2,1H3,(H,30,31)(H,25,28,29)/t19-,20+,21+/m0/s1. The maximum absolute atomic E-state index is 13.5. The zero-order chi connectivity index (χ0) is 25.7. The van der Waals surface area contributed by atoms with Crippen molar-refractivity contribution in [3.05, 3.63) is 32.9 Å². The minimum Gasteiger partial charge on any atom is -0.390 e. The largest absolute Gasteiger partial charge is 0.472 e. The monoisotopic (exact) mass is 522 g/mol. The smallest absolute Gasteiger partial charge is 0.390 e. The minimum atomic E-state index is -4.34. The van der Waals surface area contributed by atoms with Gasteiger partial charge in [-0.05, 0) is 6.42 Å². The molecule has 1 aliphatic heterocycles. The van der Waals surface area contributed by atoms with Crippen molar-refractivity contribution in [1.29, 1.82) is 0 Å². The van der Waals surface area contributed by atoms with Crippen molar-refractivity contribution in [3.8, 4) is 0 Å². The molecule has 1 fully saturated rings. The number of aliphatic hydroxyl groups excluding tert-OH is 1. The topological polar surface area (TPSA) is 140 Å². The van der Waals surface area contributed by atoms with Crippen molar-refractivity contribution in [1.82, 2.24) is 9.55 Å². The lowest BCUT2D eigenvalue weighted by Crippen LogP contribution is -2.34. The van der Waals surface area contributed by atoms with Gasteiger partial charge in [0.05, 0.1) is 25.5 Å². The Morgan fingerprint density at radius 2 is 1.63 bits per heavy atom. The lowest BCUT2D eigenvalue weighted by Gasteiger charge is -2.18. The van der Waals surface area contributed by atoms with Crippen LogP contribution in [-0.2, 0) is 18.3 Å². The molecule has 1 aliphatic rings. The van der Waals surface area contributed by atoms with Crippen LogP contribution in [0.15, 0.2) is 15.8 Å². The molecule has 1 unspecified atom stereocenters. The molecule has 0 bridgehead atoms. The van der Waals surface area contributed by atoms with Gasteiger partial charge in [-0.15, -0.1) is 0 Å². The lowest BCUT2D eigenvalue weighted by molar-refractivity contribution is -0.0468. The van der Waals surface area contributed by atoms with Gasteiger partial charge in [-0.1, -0.05) is 77.6 Å². The van der Waals surface area contributed by atoms with Crippen molar-refractivity contribution in [2.24, 2.45) is 0 Å². The van der Waals surface area contributed by atoms with E-state index >= 15 is 0 Å². The Labute approximate surface area is 205 Å². The highest BCUT2D eigenvalue weighted by molar-refractivity contribution is 7.47. The number of aromatic nitrogens is 2. The number of nitrogens with one attached hydrogen (secondary N) is 1. The number of hydrogen-bond acceptors (Lipinski definition) is 7. The molecule has 1 aromatic rings. The summed E-state index contributed by atoms with van der Waals surface area (Å²) in [6.45, 7) is 1.84. The van der Waals surface area contributed by atoms with Gasteiger partial charge < -0.3 is 14.7 Å². The number of halogens is 1. The van der Waals surface area contributed by atoms with Gasteiger partial charge in [-0.3, -0.25) is 23.4 Å². The number of hydrogen-bond donors (Lipinski definition) is 3. The number of phosphoric acid groups is 1. The maximum atomic E-state index is 13.5. The Morgan fingerprint density at radius 1 is 1.06 bits per heavy atom. The lowest BCUT2D eigenvalue weighted by atomic mass is 10.1. The van der Waals surface area contributed by atoms with Gasteiger partial charge >= 0.3 is 13.5 Å². The molecule has 1 saturated heterocycles. The molecule has 202 valence electrons. The Balaban J connectivity index is 1.57. The molecule has 4 atom stereocenters. The zero-order valence-corrected chi connectivity index (χ0v) is 21.4. The molecule has 0 amide bonds. The van der Waals surface area contributed by atoms with Crippen LogP contribution in [0.3, 0.4) is 0 Å².